The van der Waals surface area contributed by atoms with Gasteiger partial charge < -0.3 is 0 Å². The van der Waals surface area contributed by atoms with E-state index in [1.165, 1.54) is 0 Å². The molecule has 0 saturated heterocycles. The molecule has 0 saturated carbocycles. The average molecular weight is 309 g/mol. The number of rotatable bonds is 5. The summed E-state index contributed by atoms with van der Waals surface area (Å²) in [5.41, 5.74) is -6.13. The van der Waals surface area contributed by atoms with E-state index >= 15 is 0 Å². The molecule has 0 aromatic heterocycles. The zero-order chi connectivity index (χ0) is 14.9. The van der Waals surface area contributed by atoms with E-state index in [0.717, 1.165) is 0 Å². The maximum absolute atomic E-state index is 12.5. The Morgan fingerprint density at radius 2 is 1.17 bits per heavy atom. The Balaban J connectivity index is 5.68. The van der Waals surface area contributed by atoms with Crippen LogP contribution in [0.5, 0.6) is 0 Å². The second-order valence-corrected chi connectivity index (χ2v) is 11.6. The van der Waals surface area contributed by atoms with E-state index in [2.05, 4.69) is 0 Å². The van der Waals surface area contributed by atoms with Crippen LogP contribution in [0, 0.1) is 0 Å². The van der Waals surface area contributed by atoms with Gasteiger partial charge in [0.1, 0.15) is 0 Å². The smallest absolute Gasteiger partial charge is 0.186 e. The van der Waals surface area contributed by atoms with Crippen LogP contribution in [0.1, 0.15) is 41.5 Å². The number of hydrogen-bond donors (Lipinski definition) is 0. The topological polar surface area (TPSA) is 43.4 Å². The van der Waals surface area contributed by atoms with E-state index in [1.54, 1.807) is 41.5 Å². The molecule has 0 aliphatic carbocycles. The van der Waals surface area contributed by atoms with Gasteiger partial charge in [-0.15, -0.1) is 3.97 Å². The van der Waals surface area contributed by atoms with Crippen molar-refractivity contribution in [2.75, 3.05) is 0 Å². The maximum Gasteiger partial charge on any atom is 0.526 e. The van der Waals surface area contributed by atoms with Gasteiger partial charge in [-0.3, -0.25) is 0 Å². The van der Waals surface area contributed by atoms with E-state index in [0.29, 0.717) is 0 Å². The molecule has 110 valence electrons. The van der Waals surface area contributed by atoms with Crippen molar-refractivity contribution in [3.8, 4) is 0 Å². The average Bonchev–Trinajstić information content (AvgIpc) is 2.10. The minimum atomic E-state index is -5.54. The molecule has 18 heavy (non-hydrogen) atoms. The van der Waals surface area contributed by atoms with Gasteiger partial charge in [-0.2, -0.15) is 21.6 Å². The molecule has 0 spiro atoms. The lowest BCUT2D eigenvalue weighted by atomic mass is 10.5. The summed E-state index contributed by atoms with van der Waals surface area (Å²) in [4.78, 5) is 0. The molecule has 0 amide bonds. The van der Waals surface area contributed by atoms with Crippen molar-refractivity contribution in [1.82, 2.24) is 0 Å². The van der Waals surface area contributed by atoms with Crippen LogP contribution < -0.4 is 0 Å². The molecule has 0 N–H and O–H groups in total. The van der Waals surface area contributed by atoms with Crippen molar-refractivity contribution < 1.29 is 25.6 Å². The lowest BCUT2D eigenvalue weighted by Crippen LogP contribution is -2.33. The highest BCUT2D eigenvalue weighted by atomic mass is 32.2. The molecule has 0 aliphatic rings. The van der Waals surface area contributed by atoms with Gasteiger partial charge in [0.15, 0.2) is 7.49 Å². The molecule has 0 rings (SSSR count). The summed E-state index contributed by atoms with van der Waals surface area (Å²) < 4.78 is 64.6. The van der Waals surface area contributed by atoms with Crippen molar-refractivity contribution in [2.24, 2.45) is 0 Å². The first-order valence-electron chi connectivity index (χ1n) is 5.69. The molecule has 0 heterocycles. The summed E-state index contributed by atoms with van der Waals surface area (Å²) in [5, 5.41) is 0. The van der Waals surface area contributed by atoms with Crippen LogP contribution in [0.25, 0.3) is 0 Å². The minimum Gasteiger partial charge on any atom is -0.186 e. The highest BCUT2D eigenvalue weighted by Gasteiger charge is 2.60. The van der Waals surface area contributed by atoms with E-state index in [1.807, 2.05) is 0 Å². The summed E-state index contributed by atoms with van der Waals surface area (Å²) in [7, 11) is -8.28. The summed E-state index contributed by atoms with van der Waals surface area (Å²) in [6.07, 6.45) is 0. The van der Waals surface area contributed by atoms with Crippen LogP contribution in [-0.2, 0) is 14.1 Å². The molecular formula is C10H21F3O3PS+. The highest BCUT2D eigenvalue weighted by Crippen LogP contribution is 2.72. The molecule has 0 aromatic carbocycles. The van der Waals surface area contributed by atoms with E-state index < -0.39 is 23.1 Å². The van der Waals surface area contributed by atoms with Crippen molar-refractivity contribution in [3.63, 3.8) is 0 Å². The first-order chi connectivity index (χ1) is 7.79. The fourth-order valence-electron chi connectivity index (χ4n) is 2.26. The zero-order valence-corrected chi connectivity index (χ0v) is 13.2. The molecule has 0 unspecified atom stereocenters. The normalized spacial score (nSPS) is 14.9. The van der Waals surface area contributed by atoms with Crippen LogP contribution in [-0.4, -0.2) is 30.9 Å². The molecule has 8 heteroatoms. The van der Waals surface area contributed by atoms with Gasteiger partial charge in [0.25, 0.3) is 0 Å². The van der Waals surface area contributed by atoms with Crippen molar-refractivity contribution in [2.45, 2.75) is 64.0 Å². The summed E-state index contributed by atoms with van der Waals surface area (Å²) >= 11 is 0. The second-order valence-electron chi connectivity index (χ2n) is 5.02. The molecule has 0 aromatic rings. The van der Waals surface area contributed by atoms with E-state index in [4.69, 9.17) is 3.97 Å². The predicted molar refractivity (Wildman–Crippen MR) is 68.4 cm³/mol. The van der Waals surface area contributed by atoms with Gasteiger partial charge in [-0.1, -0.05) is 0 Å². The van der Waals surface area contributed by atoms with Gasteiger partial charge in [0, 0.05) is 0 Å². The molecule has 0 fully saturated rings. The number of halogens is 3. The third-order valence-corrected chi connectivity index (χ3v) is 10.2. The van der Waals surface area contributed by atoms with Gasteiger partial charge in [0.05, 0.1) is 17.0 Å². The lowest BCUT2D eigenvalue weighted by Gasteiger charge is -2.34. The Morgan fingerprint density at radius 3 is 1.33 bits per heavy atom. The maximum atomic E-state index is 12.5. The first-order valence-corrected chi connectivity index (χ1v) is 9.01. The monoisotopic (exact) mass is 309 g/mol. The van der Waals surface area contributed by atoms with Crippen LogP contribution >= 0.6 is 7.49 Å². The predicted octanol–water partition coefficient (Wildman–Crippen LogP) is 4.01. The fraction of sp³-hybridized carbons (Fsp3) is 1.00. The Labute approximate surface area is 108 Å². The SMILES string of the molecule is CC(C)[P+](OS(=O)(=O)C(F)(F)F)(C(C)C)C(C)C. The highest BCUT2D eigenvalue weighted by molar-refractivity contribution is 7.95. The van der Waals surface area contributed by atoms with Gasteiger partial charge in [-0.05, 0) is 41.5 Å². The molecule has 0 atom stereocenters. The number of alkyl halides is 3. The number of hydrogen-bond acceptors (Lipinski definition) is 3. The van der Waals surface area contributed by atoms with Crippen molar-refractivity contribution in [3.05, 3.63) is 0 Å². The lowest BCUT2D eigenvalue weighted by molar-refractivity contribution is -0.0499. The summed E-state index contributed by atoms with van der Waals surface area (Å²) in [5.74, 6) is 0. The second kappa shape index (κ2) is 5.63. The molecule has 0 radical (unpaired) electrons. The molecule has 0 aliphatic heterocycles. The van der Waals surface area contributed by atoms with Gasteiger partial charge in [0.2, 0.25) is 0 Å². The van der Waals surface area contributed by atoms with Crippen LogP contribution in [0.15, 0.2) is 0 Å². The fourth-order valence-corrected chi connectivity index (χ4v) is 9.60. The third kappa shape index (κ3) is 3.36. The Hall–Kier alpha value is 0.130. The summed E-state index contributed by atoms with van der Waals surface area (Å²) in [6, 6.07) is 0. The minimum absolute atomic E-state index is 0.255. The molecule has 0 bridgehead atoms. The molecular weight excluding hydrogens is 288 g/mol. The van der Waals surface area contributed by atoms with Crippen molar-refractivity contribution in [1.29, 1.82) is 0 Å². The van der Waals surface area contributed by atoms with E-state index in [-0.39, 0.29) is 17.0 Å². The Bertz CT molecular complexity index is 353. The van der Waals surface area contributed by atoms with E-state index in [9.17, 15) is 21.6 Å². The van der Waals surface area contributed by atoms with Crippen LogP contribution in [0.4, 0.5) is 13.2 Å². The zero-order valence-electron chi connectivity index (χ0n) is 11.4. The van der Waals surface area contributed by atoms with Crippen molar-refractivity contribution >= 4 is 17.6 Å². The van der Waals surface area contributed by atoms with Gasteiger partial charge in [-0.25, -0.2) is 0 Å². The third-order valence-electron chi connectivity index (χ3n) is 2.93. The van der Waals surface area contributed by atoms with Crippen LogP contribution in [0.2, 0.25) is 0 Å². The summed E-state index contributed by atoms with van der Waals surface area (Å²) in [6.45, 7) is 10.2. The Kier molecular flexibility index (Phi) is 5.67. The standard InChI is InChI=1S/C10H21F3O3PS/c1-7(2)17(8(3)4,9(5)6)16-18(14,15)10(11,12)13/h7-9H,1-6H3/q+1. The largest absolute Gasteiger partial charge is 0.526 e. The Morgan fingerprint density at radius 1 is 0.889 bits per heavy atom. The van der Waals surface area contributed by atoms with Crippen LogP contribution in [0.3, 0.4) is 0 Å². The molecule has 3 nitrogen and oxygen atoms in total. The quantitative estimate of drug-likeness (QED) is 0.569. The first kappa shape index (κ1) is 18.1. The van der Waals surface area contributed by atoms with Gasteiger partial charge >= 0.3 is 15.6 Å².